The molecule has 4 heteroatoms. The van der Waals surface area contributed by atoms with Crippen LogP contribution in [0.25, 0.3) is 0 Å². The van der Waals surface area contributed by atoms with Gasteiger partial charge in [-0.3, -0.25) is 0 Å². The first-order chi connectivity index (χ1) is 7.57. The molecule has 2 unspecified atom stereocenters. The number of alkyl carbamates (subject to hydrolysis) is 1. The van der Waals surface area contributed by atoms with Crippen LogP contribution in [0.15, 0.2) is 0 Å². The van der Waals surface area contributed by atoms with Gasteiger partial charge in [0.05, 0.1) is 0 Å². The molecule has 0 aromatic heterocycles. The molecule has 17 heavy (non-hydrogen) atoms. The lowest BCUT2D eigenvalue weighted by Crippen LogP contribution is -2.45. The van der Waals surface area contributed by atoms with Gasteiger partial charge in [0.15, 0.2) is 0 Å². The van der Waals surface area contributed by atoms with Crippen molar-refractivity contribution in [2.24, 2.45) is 5.41 Å². The smallest absolute Gasteiger partial charge is 0.407 e. The van der Waals surface area contributed by atoms with Gasteiger partial charge in [-0.2, -0.15) is 0 Å². The highest BCUT2D eigenvalue weighted by Gasteiger charge is 2.34. The van der Waals surface area contributed by atoms with Gasteiger partial charge in [-0.15, -0.1) is 11.6 Å². The predicted molar refractivity (Wildman–Crippen MR) is 70.4 cm³/mol. The van der Waals surface area contributed by atoms with Gasteiger partial charge >= 0.3 is 6.09 Å². The summed E-state index contributed by atoms with van der Waals surface area (Å²) in [5, 5.41) is 3.05. The standard InChI is InChI=1S/C13H24ClNO2/c1-12(2,3)17-11(16)15-10-6-9(14)7-13(4,5)8-10/h9-10H,6-8H2,1-5H3,(H,15,16). The Labute approximate surface area is 109 Å². The zero-order valence-corrected chi connectivity index (χ0v) is 12.2. The summed E-state index contributed by atoms with van der Waals surface area (Å²) in [7, 11) is 0. The van der Waals surface area contributed by atoms with Gasteiger partial charge < -0.3 is 10.1 Å². The molecule has 3 nitrogen and oxygen atoms in total. The van der Waals surface area contributed by atoms with Crippen molar-refractivity contribution in [3.63, 3.8) is 0 Å². The average Bonchev–Trinajstić information content (AvgIpc) is 1.93. The van der Waals surface area contributed by atoms with Gasteiger partial charge in [0.25, 0.3) is 0 Å². The van der Waals surface area contributed by atoms with Crippen LogP contribution < -0.4 is 5.32 Å². The lowest BCUT2D eigenvalue weighted by atomic mass is 9.75. The van der Waals surface area contributed by atoms with Gasteiger partial charge in [-0.1, -0.05) is 13.8 Å². The molecule has 1 aliphatic rings. The predicted octanol–water partition coefficient (Wildman–Crippen LogP) is 3.70. The summed E-state index contributed by atoms with van der Waals surface area (Å²) >= 11 is 6.22. The first-order valence-electron chi connectivity index (χ1n) is 6.21. The topological polar surface area (TPSA) is 38.3 Å². The Hall–Kier alpha value is -0.440. The number of halogens is 1. The summed E-state index contributed by atoms with van der Waals surface area (Å²) in [5.74, 6) is 0. The van der Waals surface area contributed by atoms with Gasteiger partial charge in [0.2, 0.25) is 0 Å². The molecular formula is C13H24ClNO2. The first kappa shape index (κ1) is 14.6. The number of nitrogens with one attached hydrogen (secondary N) is 1. The molecule has 1 aliphatic carbocycles. The number of alkyl halides is 1. The van der Waals surface area contributed by atoms with Crippen molar-refractivity contribution in [2.45, 2.75) is 70.9 Å². The zero-order chi connectivity index (χ0) is 13.3. The third kappa shape index (κ3) is 5.62. The number of carbonyl (C=O) groups excluding carboxylic acids is 1. The Bertz CT molecular complexity index is 284. The van der Waals surface area contributed by atoms with Crippen LogP contribution in [0.5, 0.6) is 0 Å². The number of hydrogen-bond acceptors (Lipinski definition) is 2. The van der Waals surface area contributed by atoms with E-state index in [1.54, 1.807) is 0 Å². The fraction of sp³-hybridized carbons (Fsp3) is 0.923. The molecule has 1 rings (SSSR count). The third-order valence-electron chi connectivity index (χ3n) is 2.83. The normalized spacial score (nSPS) is 28.6. The van der Waals surface area contributed by atoms with E-state index in [4.69, 9.17) is 16.3 Å². The molecule has 100 valence electrons. The van der Waals surface area contributed by atoms with Crippen molar-refractivity contribution >= 4 is 17.7 Å². The quantitative estimate of drug-likeness (QED) is 0.731. The minimum atomic E-state index is -0.450. The molecule has 1 fully saturated rings. The highest BCUT2D eigenvalue weighted by Crippen LogP contribution is 2.37. The monoisotopic (exact) mass is 261 g/mol. The second-order valence-electron chi connectivity index (χ2n) is 6.75. The van der Waals surface area contributed by atoms with Crippen molar-refractivity contribution < 1.29 is 9.53 Å². The van der Waals surface area contributed by atoms with Crippen molar-refractivity contribution in [1.29, 1.82) is 0 Å². The summed E-state index contributed by atoms with van der Waals surface area (Å²) in [6.45, 7) is 9.96. The van der Waals surface area contributed by atoms with E-state index in [0.717, 1.165) is 19.3 Å². The van der Waals surface area contributed by atoms with E-state index in [1.165, 1.54) is 0 Å². The lowest BCUT2D eigenvalue weighted by Gasteiger charge is -2.38. The minimum Gasteiger partial charge on any atom is -0.444 e. The summed E-state index contributed by atoms with van der Waals surface area (Å²) < 4.78 is 5.25. The van der Waals surface area contributed by atoms with Crippen LogP contribution in [0, 0.1) is 5.41 Å². The second kappa shape index (κ2) is 5.05. The maximum Gasteiger partial charge on any atom is 0.407 e. The summed E-state index contributed by atoms with van der Waals surface area (Å²) in [6, 6.07) is 0.121. The van der Waals surface area contributed by atoms with Gasteiger partial charge in [0, 0.05) is 11.4 Å². The van der Waals surface area contributed by atoms with Crippen molar-refractivity contribution in [2.75, 3.05) is 0 Å². The van der Waals surface area contributed by atoms with E-state index in [-0.39, 0.29) is 22.9 Å². The third-order valence-corrected chi connectivity index (χ3v) is 3.17. The van der Waals surface area contributed by atoms with Crippen LogP contribution in [0.3, 0.4) is 0 Å². The Morgan fingerprint density at radius 1 is 1.35 bits per heavy atom. The Balaban J connectivity index is 2.49. The van der Waals surface area contributed by atoms with Crippen LogP contribution in [0.2, 0.25) is 0 Å². The molecule has 0 bridgehead atoms. The maximum atomic E-state index is 11.7. The van der Waals surface area contributed by atoms with Gasteiger partial charge in [-0.05, 0) is 45.4 Å². The molecule has 0 heterocycles. The van der Waals surface area contributed by atoms with E-state index in [2.05, 4.69) is 19.2 Å². The van der Waals surface area contributed by atoms with Crippen LogP contribution in [0.4, 0.5) is 4.79 Å². The Kier molecular flexibility index (Phi) is 4.34. The number of ether oxygens (including phenoxy) is 1. The lowest BCUT2D eigenvalue weighted by molar-refractivity contribution is 0.0471. The first-order valence-corrected chi connectivity index (χ1v) is 6.65. The van der Waals surface area contributed by atoms with Crippen molar-refractivity contribution in [3.8, 4) is 0 Å². The van der Waals surface area contributed by atoms with Crippen LogP contribution in [-0.2, 0) is 4.74 Å². The number of rotatable bonds is 1. The van der Waals surface area contributed by atoms with E-state index < -0.39 is 5.60 Å². The minimum absolute atomic E-state index is 0.121. The van der Waals surface area contributed by atoms with Crippen molar-refractivity contribution in [3.05, 3.63) is 0 Å². The molecule has 1 amide bonds. The fourth-order valence-corrected chi connectivity index (χ4v) is 3.04. The van der Waals surface area contributed by atoms with E-state index in [0.29, 0.717) is 0 Å². The van der Waals surface area contributed by atoms with Crippen LogP contribution >= 0.6 is 11.6 Å². The number of carbonyl (C=O) groups is 1. The summed E-state index contributed by atoms with van der Waals surface area (Å²) in [6.07, 6.45) is 2.44. The van der Waals surface area contributed by atoms with Gasteiger partial charge in [0.1, 0.15) is 5.60 Å². The van der Waals surface area contributed by atoms with E-state index in [9.17, 15) is 4.79 Å². The molecule has 0 aromatic rings. The Morgan fingerprint density at radius 3 is 2.41 bits per heavy atom. The zero-order valence-electron chi connectivity index (χ0n) is 11.5. The number of hydrogen-bond donors (Lipinski definition) is 1. The molecule has 0 aliphatic heterocycles. The molecule has 1 N–H and O–H groups in total. The average molecular weight is 262 g/mol. The maximum absolute atomic E-state index is 11.7. The molecule has 0 saturated heterocycles. The van der Waals surface area contributed by atoms with Crippen LogP contribution in [0.1, 0.15) is 53.9 Å². The molecule has 0 aromatic carbocycles. The molecule has 1 saturated carbocycles. The summed E-state index contributed by atoms with van der Waals surface area (Å²) in [5.41, 5.74) is -0.265. The molecule has 0 spiro atoms. The van der Waals surface area contributed by atoms with Crippen LogP contribution in [-0.4, -0.2) is 23.1 Å². The highest BCUT2D eigenvalue weighted by molar-refractivity contribution is 6.20. The fourth-order valence-electron chi connectivity index (χ4n) is 2.41. The molecule has 0 radical (unpaired) electrons. The number of amides is 1. The van der Waals surface area contributed by atoms with Gasteiger partial charge in [-0.25, -0.2) is 4.79 Å². The summed E-state index contributed by atoms with van der Waals surface area (Å²) in [4.78, 5) is 11.7. The Morgan fingerprint density at radius 2 is 1.94 bits per heavy atom. The molecular weight excluding hydrogens is 238 g/mol. The van der Waals surface area contributed by atoms with E-state index >= 15 is 0 Å². The second-order valence-corrected chi connectivity index (χ2v) is 7.37. The SMILES string of the molecule is CC1(C)CC(Cl)CC(NC(=O)OC(C)(C)C)C1. The highest BCUT2D eigenvalue weighted by atomic mass is 35.5. The van der Waals surface area contributed by atoms with E-state index in [1.807, 2.05) is 20.8 Å². The molecule has 2 atom stereocenters. The van der Waals surface area contributed by atoms with Crippen molar-refractivity contribution in [1.82, 2.24) is 5.32 Å². The largest absolute Gasteiger partial charge is 0.444 e.